The molecule has 1 aromatic carbocycles. The molecule has 2 rings (SSSR count). The van der Waals surface area contributed by atoms with Crippen molar-refractivity contribution in [1.82, 2.24) is 10.6 Å². The van der Waals surface area contributed by atoms with Crippen LogP contribution in [0.1, 0.15) is 31.7 Å². The fourth-order valence-electron chi connectivity index (χ4n) is 2.31. The molecule has 2 atom stereocenters. The van der Waals surface area contributed by atoms with Crippen molar-refractivity contribution in [2.45, 2.75) is 37.1 Å². The van der Waals surface area contributed by atoms with Gasteiger partial charge >= 0.3 is 0 Å². The van der Waals surface area contributed by atoms with Crippen LogP contribution in [0.5, 0.6) is 0 Å². The summed E-state index contributed by atoms with van der Waals surface area (Å²) in [5.41, 5.74) is 1.53. The predicted octanol–water partition coefficient (Wildman–Crippen LogP) is 2.85. The number of thioether (sulfide) groups is 1. The largest absolute Gasteiger partial charge is 0.315 e. The third kappa shape index (κ3) is 3.74. The predicted molar refractivity (Wildman–Crippen MR) is 80.5 cm³/mol. The van der Waals surface area contributed by atoms with Crippen LogP contribution >= 0.6 is 11.8 Å². The third-order valence-electron chi connectivity index (χ3n) is 3.39. The van der Waals surface area contributed by atoms with Crippen molar-refractivity contribution in [1.29, 1.82) is 0 Å². The van der Waals surface area contributed by atoms with Gasteiger partial charge in [0, 0.05) is 35.7 Å². The molecule has 2 N–H and O–H groups in total. The molecule has 0 saturated carbocycles. The zero-order chi connectivity index (χ0) is 12.8. The zero-order valence-electron chi connectivity index (χ0n) is 11.4. The van der Waals surface area contributed by atoms with Gasteiger partial charge in [-0.15, -0.1) is 11.8 Å². The molecule has 1 heterocycles. The smallest absolute Gasteiger partial charge is 0.0164 e. The SMILES string of the molecule is CCCNCC(C)NCC1CSc2ccccc21. The van der Waals surface area contributed by atoms with Crippen molar-refractivity contribution < 1.29 is 0 Å². The monoisotopic (exact) mass is 264 g/mol. The number of fused-ring (bicyclic) bond motifs is 1. The van der Waals surface area contributed by atoms with Gasteiger partial charge in [0.15, 0.2) is 0 Å². The first-order valence-corrected chi connectivity index (χ1v) is 7.95. The Balaban J connectivity index is 1.75. The van der Waals surface area contributed by atoms with Crippen LogP contribution in [0.2, 0.25) is 0 Å². The molecule has 0 aromatic heterocycles. The van der Waals surface area contributed by atoms with E-state index in [1.807, 2.05) is 11.8 Å². The second-order valence-electron chi connectivity index (χ2n) is 5.06. The lowest BCUT2D eigenvalue weighted by molar-refractivity contribution is 0.486. The normalized spacial score (nSPS) is 19.8. The molecule has 3 heteroatoms. The van der Waals surface area contributed by atoms with Crippen LogP contribution in [0, 0.1) is 0 Å². The van der Waals surface area contributed by atoms with Crippen LogP contribution < -0.4 is 10.6 Å². The Bertz CT molecular complexity index is 367. The highest BCUT2D eigenvalue weighted by Crippen LogP contribution is 2.38. The van der Waals surface area contributed by atoms with Crippen LogP contribution in [0.4, 0.5) is 0 Å². The van der Waals surface area contributed by atoms with Crippen LogP contribution in [-0.4, -0.2) is 31.4 Å². The minimum Gasteiger partial charge on any atom is -0.315 e. The lowest BCUT2D eigenvalue weighted by Gasteiger charge is -2.18. The standard InChI is InChI=1S/C15H24N2S/c1-3-8-16-9-12(2)17-10-13-11-18-15-7-5-4-6-14(13)15/h4-7,12-13,16-17H,3,8-11H2,1-2H3. The Hall–Kier alpha value is -0.510. The Kier molecular flexibility index (Phi) is 5.54. The molecule has 1 aliphatic heterocycles. The Morgan fingerprint density at radius 1 is 1.39 bits per heavy atom. The molecule has 1 aliphatic rings. The van der Waals surface area contributed by atoms with E-state index in [1.165, 1.54) is 22.6 Å². The first kappa shape index (κ1) is 13.9. The first-order valence-electron chi connectivity index (χ1n) is 6.97. The molecule has 18 heavy (non-hydrogen) atoms. The summed E-state index contributed by atoms with van der Waals surface area (Å²) in [4.78, 5) is 1.47. The van der Waals surface area contributed by atoms with Gasteiger partial charge in [-0.25, -0.2) is 0 Å². The molecule has 1 aromatic rings. The van der Waals surface area contributed by atoms with Crippen LogP contribution in [0.25, 0.3) is 0 Å². The lowest BCUT2D eigenvalue weighted by atomic mass is 10.0. The van der Waals surface area contributed by atoms with Crippen LogP contribution in [0.15, 0.2) is 29.2 Å². The zero-order valence-corrected chi connectivity index (χ0v) is 12.2. The van der Waals surface area contributed by atoms with Gasteiger partial charge in [-0.2, -0.15) is 0 Å². The molecule has 0 amide bonds. The fourth-order valence-corrected chi connectivity index (χ4v) is 3.56. The summed E-state index contributed by atoms with van der Waals surface area (Å²) in [6.07, 6.45) is 1.21. The Morgan fingerprint density at radius 3 is 3.06 bits per heavy atom. The molecule has 0 aliphatic carbocycles. The van der Waals surface area contributed by atoms with Gasteiger partial charge in [0.2, 0.25) is 0 Å². The number of hydrogen-bond acceptors (Lipinski definition) is 3. The molecule has 0 spiro atoms. The maximum atomic E-state index is 3.65. The summed E-state index contributed by atoms with van der Waals surface area (Å²) in [7, 11) is 0. The summed E-state index contributed by atoms with van der Waals surface area (Å²) in [5, 5.41) is 7.11. The molecule has 0 bridgehead atoms. The highest BCUT2D eigenvalue weighted by molar-refractivity contribution is 7.99. The fraction of sp³-hybridized carbons (Fsp3) is 0.600. The van der Waals surface area contributed by atoms with Crippen molar-refractivity contribution >= 4 is 11.8 Å². The molecule has 100 valence electrons. The van der Waals surface area contributed by atoms with E-state index in [0.717, 1.165) is 19.6 Å². The van der Waals surface area contributed by atoms with Gasteiger partial charge < -0.3 is 10.6 Å². The Morgan fingerprint density at radius 2 is 2.22 bits per heavy atom. The van der Waals surface area contributed by atoms with Crippen molar-refractivity contribution in [2.75, 3.05) is 25.4 Å². The van der Waals surface area contributed by atoms with E-state index in [9.17, 15) is 0 Å². The van der Waals surface area contributed by atoms with E-state index < -0.39 is 0 Å². The number of nitrogens with one attached hydrogen (secondary N) is 2. The van der Waals surface area contributed by atoms with Gasteiger partial charge in [0.05, 0.1) is 0 Å². The van der Waals surface area contributed by atoms with Crippen molar-refractivity contribution in [2.24, 2.45) is 0 Å². The average molecular weight is 264 g/mol. The minimum absolute atomic E-state index is 0.550. The quantitative estimate of drug-likeness (QED) is 0.741. The number of benzene rings is 1. The van der Waals surface area contributed by atoms with Crippen LogP contribution in [0.3, 0.4) is 0 Å². The molecule has 2 nitrogen and oxygen atoms in total. The summed E-state index contributed by atoms with van der Waals surface area (Å²) in [6, 6.07) is 9.37. The average Bonchev–Trinajstić information content (AvgIpc) is 2.80. The van der Waals surface area contributed by atoms with E-state index in [4.69, 9.17) is 0 Å². The first-order chi connectivity index (χ1) is 8.81. The maximum Gasteiger partial charge on any atom is 0.0164 e. The summed E-state index contributed by atoms with van der Waals surface area (Å²) >= 11 is 1.99. The number of hydrogen-bond donors (Lipinski definition) is 2. The van der Waals surface area contributed by atoms with Gasteiger partial charge in [-0.3, -0.25) is 0 Å². The maximum absolute atomic E-state index is 3.65. The van der Waals surface area contributed by atoms with E-state index in [0.29, 0.717) is 12.0 Å². The van der Waals surface area contributed by atoms with Gasteiger partial charge in [-0.1, -0.05) is 25.1 Å². The Labute approximate surface area is 115 Å². The molecule has 2 unspecified atom stereocenters. The van der Waals surface area contributed by atoms with Crippen LogP contribution in [-0.2, 0) is 0 Å². The van der Waals surface area contributed by atoms with E-state index in [1.54, 1.807) is 0 Å². The second kappa shape index (κ2) is 7.17. The molecule has 0 radical (unpaired) electrons. The van der Waals surface area contributed by atoms with Crippen molar-refractivity contribution in [3.63, 3.8) is 0 Å². The molecule has 0 fully saturated rings. The second-order valence-corrected chi connectivity index (χ2v) is 6.12. The molecule has 0 saturated heterocycles. The summed E-state index contributed by atoms with van der Waals surface area (Å²) in [5.74, 6) is 1.90. The molecular weight excluding hydrogens is 240 g/mol. The highest BCUT2D eigenvalue weighted by Gasteiger charge is 2.22. The summed E-state index contributed by atoms with van der Waals surface area (Å²) < 4.78 is 0. The van der Waals surface area contributed by atoms with E-state index >= 15 is 0 Å². The third-order valence-corrected chi connectivity index (χ3v) is 4.64. The highest BCUT2D eigenvalue weighted by atomic mass is 32.2. The van der Waals surface area contributed by atoms with Crippen molar-refractivity contribution in [3.8, 4) is 0 Å². The number of rotatable bonds is 7. The van der Waals surface area contributed by atoms with Gasteiger partial charge in [0.1, 0.15) is 0 Å². The topological polar surface area (TPSA) is 24.1 Å². The lowest BCUT2D eigenvalue weighted by Crippen LogP contribution is -2.38. The van der Waals surface area contributed by atoms with E-state index in [-0.39, 0.29) is 0 Å². The van der Waals surface area contributed by atoms with Gasteiger partial charge in [0.25, 0.3) is 0 Å². The van der Waals surface area contributed by atoms with E-state index in [2.05, 4.69) is 48.7 Å². The van der Waals surface area contributed by atoms with Gasteiger partial charge in [-0.05, 0) is 31.5 Å². The minimum atomic E-state index is 0.550. The summed E-state index contributed by atoms with van der Waals surface area (Å²) in [6.45, 7) is 7.75. The molecular formula is C15H24N2S. The van der Waals surface area contributed by atoms with Crippen molar-refractivity contribution in [3.05, 3.63) is 29.8 Å².